The monoisotopic (exact) mass is 433 g/mol. The van der Waals surface area contributed by atoms with E-state index in [1.807, 2.05) is 54.6 Å². The molecule has 0 aliphatic rings. The quantitative estimate of drug-likeness (QED) is 0.453. The molecule has 0 bridgehead atoms. The first-order valence-corrected chi connectivity index (χ1v) is 9.24. The number of halogens is 1. The molecule has 0 saturated heterocycles. The van der Waals surface area contributed by atoms with E-state index < -0.39 is 0 Å². The molecule has 0 radical (unpaired) electrons. The highest BCUT2D eigenvalue weighted by Gasteiger charge is 2.03. The summed E-state index contributed by atoms with van der Waals surface area (Å²) in [6.07, 6.45) is 1.56. The van der Waals surface area contributed by atoms with Crippen molar-refractivity contribution in [3.8, 4) is 11.8 Å². The molecule has 3 aromatic rings. The zero-order valence-corrected chi connectivity index (χ0v) is 16.4. The number of rotatable bonds is 6. The van der Waals surface area contributed by atoms with Gasteiger partial charge in [0.05, 0.1) is 17.8 Å². The number of carbonyl (C=O) groups excluding carboxylic acids is 1. The molecule has 0 aromatic heterocycles. The molecule has 0 aliphatic heterocycles. The lowest BCUT2D eigenvalue weighted by atomic mass is 10.1. The number of nitriles is 1. The Kier molecular flexibility index (Phi) is 6.55. The SMILES string of the molecule is N#Cc1ccc(C(=O)N/N=C\c2ccc(OCc3ccc(Br)cc3)cc2)cc1. The zero-order chi connectivity index (χ0) is 19.8. The summed E-state index contributed by atoms with van der Waals surface area (Å²) in [5, 5.41) is 12.7. The predicted octanol–water partition coefficient (Wildman–Crippen LogP) is 4.66. The Morgan fingerprint density at radius 3 is 2.36 bits per heavy atom. The second-order valence-electron chi connectivity index (χ2n) is 5.87. The van der Waals surface area contributed by atoms with Gasteiger partial charge in [-0.25, -0.2) is 5.43 Å². The van der Waals surface area contributed by atoms with Crippen molar-refractivity contribution in [1.29, 1.82) is 5.26 Å². The van der Waals surface area contributed by atoms with Gasteiger partial charge in [0.15, 0.2) is 0 Å². The smallest absolute Gasteiger partial charge is 0.271 e. The lowest BCUT2D eigenvalue weighted by Gasteiger charge is -2.06. The minimum absolute atomic E-state index is 0.338. The van der Waals surface area contributed by atoms with Gasteiger partial charge in [-0.2, -0.15) is 10.4 Å². The standard InChI is InChI=1S/C22H16BrN3O2/c23-20-9-3-18(4-10-20)15-28-21-11-5-17(6-12-21)14-25-26-22(27)19-7-1-16(13-24)2-8-19/h1-12,14H,15H2,(H,26,27)/b25-14-. The third kappa shape index (κ3) is 5.53. The summed E-state index contributed by atoms with van der Waals surface area (Å²) in [7, 11) is 0. The number of hydrazone groups is 1. The second-order valence-corrected chi connectivity index (χ2v) is 6.79. The van der Waals surface area contributed by atoms with Crippen LogP contribution in [0.2, 0.25) is 0 Å². The second kappa shape index (κ2) is 9.49. The molecule has 1 N–H and O–H groups in total. The summed E-state index contributed by atoms with van der Waals surface area (Å²) in [5.74, 6) is 0.414. The molecule has 6 heteroatoms. The van der Waals surface area contributed by atoms with Crippen molar-refractivity contribution in [1.82, 2.24) is 5.43 Å². The van der Waals surface area contributed by atoms with E-state index in [0.717, 1.165) is 21.3 Å². The summed E-state index contributed by atoms with van der Waals surface area (Å²) in [6, 6.07) is 23.7. The lowest BCUT2D eigenvalue weighted by molar-refractivity contribution is 0.0955. The van der Waals surface area contributed by atoms with Gasteiger partial charge in [0.25, 0.3) is 5.91 Å². The van der Waals surface area contributed by atoms with Crippen molar-refractivity contribution >= 4 is 28.1 Å². The highest BCUT2D eigenvalue weighted by molar-refractivity contribution is 9.10. The topological polar surface area (TPSA) is 74.5 Å². The third-order valence-electron chi connectivity index (χ3n) is 3.85. The molecule has 5 nitrogen and oxygen atoms in total. The van der Waals surface area contributed by atoms with Crippen molar-refractivity contribution in [2.24, 2.45) is 5.10 Å². The van der Waals surface area contributed by atoms with Crippen molar-refractivity contribution in [3.63, 3.8) is 0 Å². The maximum Gasteiger partial charge on any atom is 0.271 e. The van der Waals surface area contributed by atoms with E-state index >= 15 is 0 Å². The van der Waals surface area contributed by atoms with Crippen LogP contribution < -0.4 is 10.2 Å². The molecule has 0 aliphatic carbocycles. The number of nitrogens with zero attached hydrogens (tertiary/aromatic N) is 2. The van der Waals surface area contributed by atoms with Gasteiger partial charge in [-0.15, -0.1) is 0 Å². The summed E-state index contributed by atoms with van der Waals surface area (Å²) < 4.78 is 6.79. The van der Waals surface area contributed by atoms with Gasteiger partial charge in [0.2, 0.25) is 0 Å². The van der Waals surface area contributed by atoms with E-state index in [9.17, 15) is 4.79 Å². The predicted molar refractivity (Wildman–Crippen MR) is 111 cm³/mol. The van der Waals surface area contributed by atoms with Crippen molar-refractivity contribution in [2.45, 2.75) is 6.61 Å². The fourth-order valence-corrected chi connectivity index (χ4v) is 2.59. The first kappa shape index (κ1) is 19.3. The Morgan fingerprint density at radius 2 is 1.71 bits per heavy atom. The van der Waals surface area contributed by atoms with Crippen LogP contribution in [0.3, 0.4) is 0 Å². The molecule has 0 saturated carbocycles. The molecule has 0 heterocycles. The van der Waals surface area contributed by atoms with E-state index in [1.165, 1.54) is 0 Å². The highest BCUT2D eigenvalue weighted by atomic mass is 79.9. The van der Waals surface area contributed by atoms with Crippen LogP contribution in [0, 0.1) is 11.3 Å². The minimum atomic E-state index is -0.338. The van der Waals surface area contributed by atoms with Crippen LogP contribution in [-0.4, -0.2) is 12.1 Å². The van der Waals surface area contributed by atoms with Crippen LogP contribution in [0.1, 0.15) is 27.0 Å². The number of carbonyl (C=O) groups is 1. The van der Waals surface area contributed by atoms with Crippen LogP contribution in [0.15, 0.2) is 82.4 Å². The van der Waals surface area contributed by atoms with Gasteiger partial charge in [0.1, 0.15) is 12.4 Å². The van der Waals surface area contributed by atoms with E-state index in [-0.39, 0.29) is 5.91 Å². The number of benzene rings is 3. The maximum atomic E-state index is 12.0. The normalized spacial score (nSPS) is 10.4. The number of hydrogen-bond acceptors (Lipinski definition) is 4. The number of hydrogen-bond donors (Lipinski definition) is 1. The molecule has 1 amide bonds. The van der Waals surface area contributed by atoms with Crippen LogP contribution in [-0.2, 0) is 6.61 Å². The summed E-state index contributed by atoms with van der Waals surface area (Å²) in [6.45, 7) is 0.487. The van der Waals surface area contributed by atoms with Crippen molar-refractivity contribution in [2.75, 3.05) is 0 Å². The van der Waals surface area contributed by atoms with Gasteiger partial charge >= 0.3 is 0 Å². The first-order chi connectivity index (χ1) is 13.6. The van der Waals surface area contributed by atoms with Crippen LogP contribution >= 0.6 is 15.9 Å². The molecule has 0 spiro atoms. The zero-order valence-electron chi connectivity index (χ0n) is 14.8. The Bertz CT molecular complexity index is 1010. The fourth-order valence-electron chi connectivity index (χ4n) is 2.32. The summed E-state index contributed by atoms with van der Waals surface area (Å²) in [5.41, 5.74) is 5.32. The third-order valence-corrected chi connectivity index (χ3v) is 4.38. The molecule has 28 heavy (non-hydrogen) atoms. The van der Waals surface area contributed by atoms with Crippen LogP contribution in [0.4, 0.5) is 0 Å². The van der Waals surface area contributed by atoms with Crippen LogP contribution in [0.5, 0.6) is 5.75 Å². The highest BCUT2D eigenvalue weighted by Crippen LogP contribution is 2.15. The molecule has 3 rings (SSSR count). The lowest BCUT2D eigenvalue weighted by Crippen LogP contribution is -2.17. The Labute approximate surface area is 171 Å². The first-order valence-electron chi connectivity index (χ1n) is 8.45. The van der Waals surface area contributed by atoms with Gasteiger partial charge in [-0.3, -0.25) is 4.79 Å². The number of amides is 1. The van der Waals surface area contributed by atoms with Crippen molar-refractivity contribution < 1.29 is 9.53 Å². The largest absolute Gasteiger partial charge is 0.489 e. The van der Waals surface area contributed by atoms with E-state index in [0.29, 0.717) is 17.7 Å². The Balaban J connectivity index is 1.51. The molecule has 0 fully saturated rings. The average Bonchev–Trinajstić information content (AvgIpc) is 2.74. The maximum absolute atomic E-state index is 12.0. The molecule has 0 atom stereocenters. The van der Waals surface area contributed by atoms with Gasteiger partial charge in [-0.1, -0.05) is 28.1 Å². The summed E-state index contributed by atoms with van der Waals surface area (Å²) in [4.78, 5) is 12.0. The van der Waals surface area contributed by atoms with E-state index in [1.54, 1.807) is 30.5 Å². The molecular formula is C22H16BrN3O2. The minimum Gasteiger partial charge on any atom is -0.489 e. The summed E-state index contributed by atoms with van der Waals surface area (Å²) >= 11 is 3.41. The molecule has 138 valence electrons. The number of ether oxygens (including phenoxy) is 1. The molecule has 0 unspecified atom stereocenters. The van der Waals surface area contributed by atoms with Gasteiger partial charge in [0, 0.05) is 10.0 Å². The van der Waals surface area contributed by atoms with Crippen molar-refractivity contribution in [3.05, 3.63) is 99.5 Å². The van der Waals surface area contributed by atoms with Crippen LogP contribution in [0.25, 0.3) is 0 Å². The Morgan fingerprint density at radius 1 is 1.04 bits per heavy atom. The van der Waals surface area contributed by atoms with E-state index in [2.05, 4.69) is 26.5 Å². The van der Waals surface area contributed by atoms with Gasteiger partial charge < -0.3 is 4.74 Å². The number of nitrogens with one attached hydrogen (secondary N) is 1. The fraction of sp³-hybridized carbons (Fsp3) is 0.0455. The average molecular weight is 434 g/mol. The molecular weight excluding hydrogens is 418 g/mol. The molecule has 3 aromatic carbocycles. The van der Waals surface area contributed by atoms with E-state index in [4.69, 9.17) is 10.00 Å². The van der Waals surface area contributed by atoms with Gasteiger partial charge in [-0.05, 0) is 71.8 Å². The Hall–Kier alpha value is -3.43.